The first-order chi connectivity index (χ1) is 10.9. The fourth-order valence-electron chi connectivity index (χ4n) is 4.98. The van der Waals surface area contributed by atoms with Crippen molar-refractivity contribution in [2.75, 3.05) is 26.2 Å². The summed E-state index contributed by atoms with van der Waals surface area (Å²) < 4.78 is 5.84. The molecule has 2 N–H and O–H groups in total. The van der Waals surface area contributed by atoms with Gasteiger partial charge >= 0.3 is 0 Å². The Balaban J connectivity index is 0.00000208. The summed E-state index contributed by atoms with van der Waals surface area (Å²) in [6, 6.07) is 0.262. The van der Waals surface area contributed by atoms with Crippen LogP contribution in [-0.2, 0) is 9.53 Å². The van der Waals surface area contributed by atoms with Gasteiger partial charge in [0.1, 0.15) is 0 Å². The molecule has 6 unspecified atom stereocenters. The molecule has 2 heterocycles. The zero-order valence-electron chi connectivity index (χ0n) is 15.5. The molecule has 140 valence electrons. The van der Waals surface area contributed by atoms with Crippen molar-refractivity contribution in [3.8, 4) is 0 Å². The smallest absolute Gasteiger partial charge is 0.240 e. The summed E-state index contributed by atoms with van der Waals surface area (Å²) in [5.74, 6) is 1.77. The van der Waals surface area contributed by atoms with Crippen molar-refractivity contribution >= 4 is 18.3 Å². The number of likely N-dealkylation sites (tertiary alicyclic amines) is 1. The van der Waals surface area contributed by atoms with Gasteiger partial charge in [-0.25, -0.2) is 0 Å². The molecule has 0 spiro atoms. The van der Waals surface area contributed by atoms with Gasteiger partial charge in [0.05, 0.1) is 18.2 Å². The molecule has 3 rings (SSSR count). The van der Waals surface area contributed by atoms with Crippen LogP contribution in [0, 0.1) is 17.8 Å². The average Bonchev–Trinajstić information content (AvgIpc) is 3.00. The van der Waals surface area contributed by atoms with Crippen LogP contribution in [0.5, 0.6) is 0 Å². The van der Waals surface area contributed by atoms with E-state index < -0.39 is 0 Å². The minimum atomic E-state index is -0.0288. The summed E-state index contributed by atoms with van der Waals surface area (Å²) in [5, 5.41) is 0. The van der Waals surface area contributed by atoms with Crippen LogP contribution in [0.15, 0.2) is 0 Å². The average molecular weight is 360 g/mol. The first-order valence-electron chi connectivity index (χ1n) is 9.30. The van der Waals surface area contributed by atoms with E-state index in [9.17, 15) is 4.79 Å². The normalized spacial score (nSPS) is 38.1. The van der Waals surface area contributed by atoms with E-state index in [1.54, 1.807) is 0 Å². The minimum Gasteiger partial charge on any atom is -0.373 e. The van der Waals surface area contributed by atoms with E-state index >= 15 is 0 Å². The van der Waals surface area contributed by atoms with Crippen molar-refractivity contribution in [1.29, 1.82) is 0 Å². The number of hydrogen-bond donors (Lipinski definition) is 1. The second-order valence-corrected chi connectivity index (χ2v) is 8.31. The SMILES string of the molecule is CC1CN(C(C(=O)N2CC3CCC(N)C3C2)C(C)C)CC(C)O1.Cl. The molecular formula is C18H34ClN3O2. The van der Waals surface area contributed by atoms with Gasteiger partial charge < -0.3 is 15.4 Å². The number of amides is 1. The molecule has 5 nitrogen and oxygen atoms in total. The maximum atomic E-state index is 13.2. The number of morpholine rings is 1. The molecule has 1 amide bonds. The maximum Gasteiger partial charge on any atom is 0.240 e. The number of fused-ring (bicyclic) bond motifs is 1. The molecule has 0 aromatic heterocycles. The van der Waals surface area contributed by atoms with E-state index in [1.165, 1.54) is 6.42 Å². The van der Waals surface area contributed by atoms with Gasteiger partial charge in [0.25, 0.3) is 0 Å². The first kappa shape index (κ1) is 20.0. The Kier molecular flexibility index (Phi) is 6.57. The van der Waals surface area contributed by atoms with Crippen molar-refractivity contribution in [3.63, 3.8) is 0 Å². The third-order valence-electron chi connectivity index (χ3n) is 5.95. The number of carbonyl (C=O) groups is 1. The summed E-state index contributed by atoms with van der Waals surface area (Å²) in [6.07, 6.45) is 2.70. The van der Waals surface area contributed by atoms with Crippen LogP contribution in [0.4, 0.5) is 0 Å². The lowest BCUT2D eigenvalue weighted by atomic mass is 9.98. The predicted octanol–water partition coefficient (Wildman–Crippen LogP) is 1.74. The summed E-state index contributed by atoms with van der Waals surface area (Å²) in [6.45, 7) is 12.0. The van der Waals surface area contributed by atoms with Crippen LogP contribution in [0.25, 0.3) is 0 Å². The lowest BCUT2D eigenvalue weighted by Gasteiger charge is -2.42. The standard InChI is InChI=1S/C18H33N3O2.ClH/c1-11(2)17(20-7-12(3)23-13(4)8-20)18(22)21-9-14-5-6-16(19)15(14)10-21;/h11-17H,5-10,19H2,1-4H3;1H. The minimum absolute atomic E-state index is 0. The van der Waals surface area contributed by atoms with Gasteiger partial charge in [-0.3, -0.25) is 9.69 Å². The zero-order valence-corrected chi connectivity index (χ0v) is 16.3. The number of hydrogen-bond acceptors (Lipinski definition) is 4. The van der Waals surface area contributed by atoms with Crippen molar-refractivity contribution in [2.45, 2.75) is 64.8 Å². The largest absolute Gasteiger partial charge is 0.373 e. The molecule has 3 fully saturated rings. The van der Waals surface area contributed by atoms with Crippen LogP contribution < -0.4 is 5.73 Å². The van der Waals surface area contributed by atoms with E-state index in [2.05, 4.69) is 37.5 Å². The van der Waals surface area contributed by atoms with Gasteiger partial charge in [-0.1, -0.05) is 13.8 Å². The van der Waals surface area contributed by atoms with E-state index in [0.717, 1.165) is 32.6 Å². The third kappa shape index (κ3) is 3.90. The highest BCUT2D eigenvalue weighted by Crippen LogP contribution is 2.37. The molecule has 6 atom stereocenters. The fraction of sp³-hybridized carbons (Fsp3) is 0.944. The molecule has 0 aromatic rings. The Morgan fingerprint density at radius 3 is 2.25 bits per heavy atom. The molecule has 1 saturated carbocycles. The van der Waals surface area contributed by atoms with Gasteiger partial charge in [0.2, 0.25) is 5.91 Å². The van der Waals surface area contributed by atoms with Crippen LogP contribution in [0.3, 0.4) is 0 Å². The van der Waals surface area contributed by atoms with Gasteiger partial charge in [-0.15, -0.1) is 12.4 Å². The molecule has 3 aliphatic rings. The Hall–Kier alpha value is -0.360. The number of nitrogens with zero attached hydrogens (tertiary/aromatic N) is 2. The number of ether oxygens (including phenoxy) is 1. The van der Waals surface area contributed by atoms with Crippen molar-refractivity contribution in [1.82, 2.24) is 9.80 Å². The van der Waals surface area contributed by atoms with Crippen molar-refractivity contribution < 1.29 is 9.53 Å². The highest BCUT2D eigenvalue weighted by atomic mass is 35.5. The first-order valence-corrected chi connectivity index (χ1v) is 9.30. The maximum absolute atomic E-state index is 13.2. The Morgan fingerprint density at radius 1 is 1.08 bits per heavy atom. The molecule has 2 aliphatic heterocycles. The molecule has 0 bridgehead atoms. The highest BCUT2D eigenvalue weighted by molar-refractivity contribution is 5.85. The molecule has 6 heteroatoms. The number of rotatable bonds is 3. The van der Waals surface area contributed by atoms with Crippen LogP contribution >= 0.6 is 12.4 Å². The predicted molar refractivity (Wildman–Crippen MR) is 98.2 cm³/mol. The zero-order chi connectivity index (χ0) is 16.7. The van der Waals surface area contributed by atoms with Crippen LogP contribution in [-0.4, -0.2) is 66.2 Å². The summed E-state index contributed by atoms with van der Waals surface area (Å²) in [4.78, 5) is 17.7. The molecule has 0 aromatic carbocycles. The van der Waals surface area contributed by atoms with Gasteiger partial charge in [-0.2, -0.15) is 0 Å². The highest BCUT2D eigenvalue weighted by Gasteiger charge is 2.45. The topological polar surface area (TPSA) is 58.8 Å². The summed E-state index contributed by atoms with van der Waals surface area (Å²) in [7, 11) is 0. The molecule has 2 saturated heterocycles. The number of nitrogens with two attached hydrogens (primary N) is 1. The molecular weight excluding hydrogens is 326 g/mol. The number of carbonyl (C=O) groups excluding carboxylic acids is 1. The van der Waals surface area contributed by atoms with Crippen LogP contribution in [0.2, 0.25) is 0 Å². The quantitative estimate of drug-likeness (QED) is 0.833. The lowest BCUT2D eigenvalue weighted by Crippen LogP contribution is -2.57. The summed E-state index contributed by atoms with van der Waals surface area (Å²) >= 11 is 0. The Labute approximate surface area is 152 Å². The summed E-state index contributed by atoms with van der Waals surface area (Å²) in [5.41, 5.74) is 6.23. The van der Waals surface area contributed by atoms with Crippen molar-refractivity contribution in [3.05, 3.63) is 0 Å². The Morgan fingerprint density at radius 2 is 1.71 bits per heavy atom. The lowest BCUT2D eigenvalue weighted by molar-refractivity contribution is -0.144. The van der Waals surface area contributed by atoms with Crippen LogP contribution in [0.1, 0.15) is 40.5 Å². The van der Waals surface area contributed by atoms with Gasteiger partial charge in [0, 0.05) is 32.2 Å². The van der Waals surface area contributed by atoms with E-state index in [4.69, 9.17) is 10.5 Å². The number of halogens is 1. The van der Waals surface area contributed by atoms with Crippen molar-refractivity contribution in [2.24, 2.45) is 23.5 Å². The Bertz CT molecular complexity index is 438. The molecule has 0 radical (unpaired) electrons. The van der Waals surface area contributed by atoms with Gasteiger partial charge in [-0.05, 0) is 44.4 Å². The van der Waals surface area contributed by atoms with E-state index in [-0.39, 0.29) is 30.7 Å². The fourth-order valence-corrected chi connectivity index (χ4v) is 4.98. The second-order valence-electron chi connectivity index (χ2n) is 8.31. The molecule has 1 aliphatic carbocycles. The molecule has 24 heavy (non-hydrogen) atoms. The van der Waals surface area contributed by atoms with E-state index in [0.29, 0.717) is 29.7 Å². The monoisotopic (exact) mass is 359 g/mol. The van der Waals surface area contributed by atoms with Gasteiger partial charge in [0.15, 0.2) is 0 Å². The third-order valence-corrected chi connectivity index (χ3v) is 5.95. The van der Waals surface area contributed by atoms with E-state index in [1.807, 2.05) is 0 Å². The second kappa shape index (κ2) is 7.90.